The van der Waals surface area contributed by atoms with Gasteiger partial charge in [-0.15, -0.1) is 11.3 Å². The molecular weight excluding hydrogens is 240 g/mol. The van der Waals surface area contributed by atoms with Crippen molar-refractivity contribution in [1.29, 1.82) is 0 Å². The Labute approximate surface area is 103 Å². The molecule has 0 nitrogen and oxygen atoms in total. The van der Waals surface area contributed by atoms with E-state index in [9.17, 15) is 0 Å². The van der Waals surface area contributed by atoms with Crippen molar-refractivity contribution in [3.63, 3.8) is 0 Å². The molecule has 0 unspecified atom stereocenters. The molecule has 76 valence electrons. The summed E-state index contributed by atoms with van der Waals surface area (Å²) in [5.74, 6) is 0. The molecule has 0 N–H and O–H groups in total. The van der Waals surface area contributed by atoms with Crippen molar-refractivity contribution in [2.24, 2.45) is 0 Å². The lowest BCUT2D eigenvalue weighted by Gasteiger charge is -2.01. The highest BCUT2D eigenvalue weighted by molar-refractivity contribution is 8.24. The first-order valence-electron chi connectivity index (χ1n) is 4.58. The van der Waals surface area contributed by atoms with Crippen LogP contribution in [0.1, 0.15) is 10.4 Å². The minimum Gasteiger partial charge on any atom is -0.142 e. The third-order valence-corrected chi connectivity index (χ3v) is 4.48. The van der Waals surface area contributed by atoms with Gasteiger partial charge in [0, 0.05) is 4.90 Å². The van der Waals surface area contributed by atoms with Gasteiger partial charge in [-0.25, -0.2) is 0 Å². The minimum absolute atomic E-state index is 0.953. The van der Waals surface area contributed by atoms with Gasteiger partial charge in [-0.1, -0.05) is 47.7 Å². The lowest BCUT2D eigenvalue weighted by atomic mass is 10.2. The van der Waals surface area contributed by atoms with Crippen LogP contribution in [0.3, 0.4) is 0 Å². The highest BCUT2D eigenvalue weighted by Crippen LogP contribution is 2.26. The number of thiocarbonyl (C=S) groups is 1. The average molecular weight is 250 g/mol. The first-order chi connectivity index (χ1) is 7.25. The van der Waals surface area contributed by atoms with Gasteiger partial charge in [-0.2, -0.15) is 0 Å². The molecule has 15 heavy (non-hydrogen) atoms. The zero-order valence-corrected chi connectivity index (χ0v) is 10.7. The molecule has 0 saturated heterocycles. The lowest BCUT2D eigenvalue weighted by molar-refractivity contribution is 1.38. The summed E-state index contributed by atoms with van der Waals surface area (Å²) in [5, 5.41) is 2.05. The van der Waals surface area contributed by atoms with E-state index in [0.29, 0.717) is 0 Å². The maximum absolute atomic E-state index is 5.36. The van der Waals surface area contributed by atoms with Gasteiger partial charge in [-0.05, 0) is 30.5 Å². The van der Waals surface area contributed by atoms with Gasteiger partial charge in [0.1, 0.15) is 0 Å². The molecule has 0 aliphatic rings. The molecule has 0 saturated carbocycles. The quantitative estimate of drug-likeness (QED) is 0.567. The van der Waals surface area contributed by atoms with E-state index in [2.05, 4.69) is 42.6 Å². The molecule has 2 aromatic rings. The molecular formula is C12H10S3. The molecule has 2 rings (SSSR count). The molecule has 0 radical (unpaired) electrons. The number of rotatable bonds is 2. The highest BCUT2D eigenvalue weighted by Gasteiger charge is 2.03. The average Bonchev–Trinajstić information content (AvgIpc) is 2.74. The summed E-state index contributed by atoms with van der Waals surface area (Å²) < 4.78 is 0.953. The van der Waals surface area contributed by atoms with Crippen LogP contribution < -0.4 is 0 Å². The van der Waals surface area contributed by atoms with Crippen LogP contribution in [0.2, 0.25) is 0 Å². The van der Waals surface area contributed by atoms with Crippen molar-refractivity contribution in [2.45, 2.75) is 11.8 Å². The van der Waals surface area contributed by atoms with Gasteiger partial charge in [0.25, 0.3) is 0 Å². The van der Waals surface area contributed by atoms with Crippen molar-refractivity contribution in [2.75, 3.05) is 0 Å². The molecule has 0 aliphatic heterocycles. The standard InChI is InChI=1S/C12H10S3/c1-9-4-6-10(7-5-9)15-12(13)11-3-2-8-14-11/h2-8H,1H3. The molecule has 0 atom stereocenters. The molecule has 0 amide bonds. The number of thioether (sulfide) groups is 1. The number of aryl methyl sites for hydroxylation is 1. The van der Waals surface area contributed by atoms with Crippen LogP contribution in [0, 0.1) is 6.92 Å². The van der Waals surface area contributed by atoms with Crippen LogP contribution >= 0.6 is 35.3 Å². The highest BCUT2D eigenvalue weighted by atomic mass is 32.2. The van der Waals surface area contributed by atoms with E-state index in [1.807, 2.05) is 6.07 Å². The number of benzene rings is 1. The van der Waals surface area contributed by atoms with E-state index < -0.39 is 0 Å². The van der Waals surface area contributed by atoms with E-state index in [0.717, 1.165) is 4.20 Å². The van der Waals surface area contributed by atoms with Crippen LogP contribution in [-0.2, 0) is 0 Å². The maximum atomic E-state index is 5.36. The van der Waals surface area contributed by atoms with Crippen molar-refractivity contribution < 1.29 is 0 Å². The Morgan fingerprint density at radius 1 is 1.20 bits per heavy atom. The number of hydrogen-bond donors (Lipinski definition) is 0. The Bertz CT molecular complexity index is 440. The van der Waals surface area contributed by atoms with Crippen molar-refractivity contribution >= 4 is 39.5 Å². The lowest BCUT2D eigenvalue weighted by Crippen LogP contribution is -1.86. The van der Waals surface area contributed by atoms with E-state index >= 15 is 0 Å². The molecule has 0 spiro atoms. The van der Waals surface area contributed by atoms with Crippen molar-refractivity contribution in [1.82, 2.24) is 0 Å². The zero-order chi connectivity index (χ0) is 10.7. The zero-order valence-electron chi connectivity index (χ0n) is 8.27. The van der Waals surface area contributed by atoms with Gasteiger partial charge in [0.2, 0.25) is 0 Å². The van der Waals surface area contributed by atoms with Crippen LogP contribution in [0.4, 0.5) is 0 Å². The summed E-state index contributed by atoms with van der Waals surface area (Å²) in [6.45, 7) is 2.09. The fourth-order valence-electron chi connectivity index (χ4n) is 1.16. The van der Waals surface area contributed by atoms with E-state index in [1.165, 1.54) is 15.3 Å². The largest absolute Gasteiger partial charge is 0.142 e. The summed E-state index contributed by atoms with van der Waals surface area (Å²) in [4.78, 5) is 2.38. The molecule has 0 bridgehead atoms. The fourth-order valence-corrected chi connectivity index (χ4v) is 3.14. The predicted molar refractivity (Wildman–Crippen MR) is 73.1 cm³/mol. The fraction of sp³-hybridized carbons (Fsp3) is 0.0833. The number of hydrogen-bond acceptors (Lipinski definition) is 3. The van der Waals surface area contributed by atoms with Crippen molar-refractivity contribution in [3.05, 3.63) is 52.2 Å². The third-order valence-electron chi connectivity index (χ3n) is 1.95. The van der Waals surface area contributed by atoms with Crippen LogP contribution in [0.5, 0.6) is 0 Å². The predicted octanol–water partition coefficient (Wildman–Crippen LogP) is 4.52. The third kappa shape index (κ3) is 2.91. The van der Waals surface area contributed by atoms with E-state index in [1.54, 1.807) is 23.1 Å². The summed E-state index contributed by atoms with van der Waals surface area (Å²) in [6.07, 6.45) is 0. The molecule has 0 fully saturated rings. The molecule has 0 aliphatic carbocycles. The van der Waals surface area contributed by atoms with Crippen LogP contribution in [0.15, 0.2) is 46.7 Å². The first kappa shape index (κ1) is 10.9. The van der Waals surface area contributed by atoms with Gasteiger partial charge in [0.15, 0.2) is 0 Å². The summed E-state index contributed by atoms with van der Waals surface area (Å²) >= 11 is 8.71. The summed E-state index contributed by atoms with van der Waals surface area (Å²) in [5.41, 5.74) is 1.28. The van der Waals surface area contributed by atoms with Crippen LogP contribution in [-0.4, -0.2) is 4.20 Å². The molecule has 3 heteroatoms. The SMILES string of the molecule is Cc1ccc(SC(=S)c2cccs2)cc1. The Kier molecular flexibility index (Phi) is 3.57. The van der Waals surface area contributed by atoms with Gasteiger partial charge in [-0.3, -0.25) is 0 Å². The topological polar surface area (TPSA) is 0 Å². The monoisotopic (exact) mass is 250 g/mol. The Balaban J connectivity index is 2.09. The first-order valence-corrected chi connectivity index (χ1v) is 6.68. The minimum atomic E-state index is 0.953. The van der Waals surface area contributed by atoms with Gasteiger partial charge >= 0.3 is 0 Å². The maximum Gasteiger partial charge on any atom is 0.0925 e. The van der Waals surface area contributed by atoms with Gasteiger partial charge in [0.05, 0.1) is 9.07 Å². The molecule has 1 heterocycles. The number of thiophene rings is 1. The second-order valence-corrected chi connectivity index (χ2v) is 5.88. The second-order valence-electron chi connectivity index (χ2n) is 3.18. The normalized spacial score (nSPS) is 10.2. The van der Waals surface area contributed by atoms with Gasteiger partial charge < -0.3 is 0 Å². The second kappa shape index (κ2) is 4.92. The molecule has 1 aromatic carbocycles. The van der Waals surface area contributed by atoms with E-state index in [4.69, 9.17) is 12.2 Å². The summed E-state index contributed by atoms with van der Waals surface area (Å²) in [7, 11) is 0. The Hall–Kier alpha value is -0.640. The molecule has 1 aromatic heterocycles. The van der Waals surface area contributed by atoms with Crippen molar-refractivity contribution in [3.8, 4) is 0 Å². The Morgan fingerprint density at radius 2 is 1.93 bits per heavy atom. The van der Waals surface area contributed by atoms with E-state index in [-0.39, 0.29) is 0 Å². The summed E-state index contributed by atoms with van der Waals surface area (Å²) in [6, 6.07) is 12.5. The van der Waals surface area contributed by atoms with Crippen LogP contribution in [0.25, 0.3) is 0 Å². The smallest absolute Gasteiger partial charge is 0.0925 e. The Morgan fingerprint density at radius 3 is 2.53 bits per heavy atom.